The number of nitrogens with one attached hydrogen (secondary N) is 2. The van der Waals surface area contributed by atoms with Gasteiger partial charge in [0, 0.05) is 21.6 Å². The summed E-state index contributed by atoms with van der Waals surface area (Å²) in [4.78, 5) is 0.984. The summed E-state index contributed by atoms with van der Waals surface area (Å²) in [5.74, 6) is 0. The first-order valence-corrected chi connectivity index (χ1v) is 9.04. The lowest BCUT2D eigenvalue weighted by molar-refractivity contribution is 0.603. The van der Waals surface area contributed by atoms with E-state index in [1.165, 1.54) is 11.3 Å². The van der Waals surface area contributed by atoms with Crippen LogP contribution in [0.15, 0.2) is 39.0 Å². The van der Waals surface area contributed by atoms with Gasteiger partial charge in [0.05, 0.1) is 0 Å². The minimum absolute atomic E-state index is 0.319. The minimum Gasteiger partial charge on any atom is -0.315 e. The largest absolute Gasteiger partial charge is 0.315 e. The summed E-state index contributed by atoms with van der Waals surface area (Å²) < 4.78 is 28.3. The lowest BCUT2D eigenvalue weighted by atomic mass is 10.2. The monoisotopic (exact) mass is 374 g/mol. The molecule has 0 aliphatic rings. The number of anilines is 1. The Morgan fingerprint density at radius 1 is 1.25 bits per heavy atom. The van der Waals surface area contributed by atoms with E-state index in [-0.39, 0.29) is 0 Å². The smallest absolute Gasteiger partial charge is 0.271 e. The van der Waals surface area contributed by atoms with Crippen molar-refractivity contribution in [1.82, 2.24) is 5.32 Å². The fourth-order valence-electron chi connectivity index (χ4n) is 1.63. The zero-order valence-corrected chi connectivity index (χ0v) is 14.3. The molecule has 0 unspecified atom stereocenters. The van der Waals surface area contributed by atoms with Gasteiger partial charge >= 0.3 is 0 Å². The van der Waals surface area contributed by atoms with Crippen LogP contribution in [0.5, 0.6) is 0 Å². The Kier molecular flexibility index (Phi) is 4.85. The Bertz CT molecular complexity index is 711. The van der Waals surface area contributed by atoms with Gasteiger partial charge in [0.1, 0.15) is 4.21 Å². The van der Waals surface area contributed by atoms with Crippen LogP contribution in [0.2, 0.25) is 0 Å². The number of hydrogen-bond donors (Lipinski definition) is 2. The van der Waals surface area contributed by atoms with E-state index >= 15 is 0 Å². The molecule has 20 heavy (non-hydrogen) atoms. The molecule has 0 fully saturated rings. The Balaban J connectivity index is 2.23. The van der Waals surface area contributed by atoms with Crippen molar-refractivity contribution in [2.24, 2.45) is 0 Å². The highest BCUT2D eigenvalue weighted by molar-refractivity contribution is 9.10. The normalized spacial score (nSPS) is 11.6. The van der Waals surface area contributed by atoms with Gasteiger partial charge < -0.3 is 5.32 Å². The van der Waals surface area contributed by atoms with Gasteiger partial charge in [-0.2, -0.15) is 0 Å². The van der Waals surface area contributed by atoms with E-state index in [0.717, 1.165) is 14.9 Å². The van der Waals surface area contributed by atoms with E-state index in [9.17, 15) is 8.42 Å². The molecule has 0 bridgehead atoms. The van der Waals surface area contributed by atoms with Crippen LogP contribution in [0.1, 0.15) is 10.4 Å². The average Bonchev–Trinajstić information content (AvgIpc) is 2.83. The molecule has 1 aromatic carbocycles. The predicted octanol–water partition coefficient (Wildman–Crippen LogP) is 3.34. The number of halogens is 1. The molecule has 0 spiro atoms. The second-order valence-electron chi connectivity index (χ2n) is 4.32. The number of hydrogen-bond acceptors (Lipinski definition) is 4. The highest BCUT2D eigenvalue weighted by Crippen LogP contribution is 2.26. The third-order valence-corrected chi connectivity index (χ3v) is 6.49. The van der Waals surface area contributed by atoms with Crippen LogP contribution in [0.3, 0.4) is 0 Å². The van der Waals surface area contributed by atoms with Crippen molar-refractivity contribution in [2.75, 3.05) is 11.8 Å². The summed E-state index contributed by atoms with van der Waals surface area (Å²) in [6.45, 7) is 2.61. The van der Waals surface area contributed by atoms with Crippen molar-refractivity contribution in [3.05, 3.63) is 45.2 Å². The highest BCUT2D eigenvalue weighted by atomic mass is 79.9. The maximum Gasteiger partial charge on any atom is 0.271 e. The molecule has 2 N–H and O–H groups in total. The van der Waals surface area contributed by atoms with E-state index in [2.05, 4.69) is 26.0 Å². The van der Waals surface area contributed by atoms with Crippen LogP contribution in [-0.4, -0.2) is 15.5 Å². The molecule has 7 heteroatoms. The second-order valence-corrected chi connectivity index (χ2v) is 8.25. The average molecular weight is 375 g/mol. The first-order valence-electron chi connectivity index (χ1n) is 5.94. The van der Waals surface area contributed by atoms with Crippen LogP contribution in [-0.2, 0) is 16.6 Å². The van der Waals surface area contributed by atoms with Crippen LogP contribution >= 0.6 is 27.3 Å². The number of rotatable bonds is 5. The Labute approximate surface area is 131 Å². The fourth-order valence-corrected chi connectivity index (χ4v) is 4.43. The molecule has 1 aromatic heterocycles. The Hall–Kier alpha value is -0.890. The summed E-state index contributed by atoms with van der Waals surface area (Å²) >= 11 is 4.66. The molecule has 2 aromatic rings. The molecular weight excluding hydrogens is 360 g/mol. The Morgan fingerprint density at radius 3 is 2.65 bits per heavy atom. The molecule has 0 saturated heterocycles. The molecule has 0 amide bonds. The second kappa shape index (κ2) is 6.26. The number of benzene rings is 1. The molecule has 2 rings (SSSR count). The quantitative estimate of drug-likeness (QED) is 0.843. The van der Waals surface area contributed by atoms with Gasteiger partial charge in [0.2, 0.25) is 0 Å². The highest BCUT2D eigenvalue weighted by Gasteiger charge is 2.17. The molecular formula is C13H15BrN2O2S2. The van der Waals surface area contributed by atoms with Crippen LogP contribution < -0.4 is 10.0 Å². The zero-order chi connectivity index (χ0) is 14.8. The zero-order valence-electron chi connectivity index (χ0n) is 11.1. The van der Waals surface area contributed by atoms with Crippen molar-refractivity contribution in [2.45, 2.75) is 17.7 Å². The third kappa shape index (κ3) is 3.60. The summed E-state index contributed by atoms with van der Waals surface area (Å²) in [5.41, 5.74) is 1.60. The van der Waals surface area contributed by atoms with Crippen molar-refractivity contribution >= 4 is 43.0 Å². The van der Waals surface area contributed by atoms with Gasteiger partial charge in [0.25, 0.3) is 10.0 Å². The number of aryl methyl sites for hydroxylation is 1. The molecule has 0 aliphatic carbocycles. The van der Waals surface area contributed by atoms with Gasteiger partial charge in [-0.3, -0.25) is 4.72 Å². The summed E-state index contributed by atoms with van der Waals surface area (Å²) in [7, 11) is -1.69. The molecule has 1 heterocycles. The van der Waals surface area contributed by atoms with Gasteiger partial charge in [-0.25, -0.2) is 8.42 Å². The molecule has 108 valence electrons. The minimum atomic E-state index is -3.52. The third-order valence-electron chi connectivity index (χ3n) is 2.68. The van der Waals surface area contributed by atoms with Crippen molar-refractivity contribution in [3.63, 3.8) is 0 Å². The van der Waals surface area contributed by atoms with Gasteiger partial charge in [0.15, 0.2) is 0 Å². The Morgan fingerprint density at radius 2 is 2.00 bits per heavy atom. The molecule has 0 radical (unpaired) electrons. The first kappa shape index (κ1) is 15.5. The van der Waals surface area contributed by atoms with Crippen LogP contribution in [0.4, 0.5) is 5.69 Å². The standard InChI is InChI=1S/C13H15BrN2O2S2/c1-9-3-4-10(7-12(9)14)16-20(17,18)13-6-5-11(19-13)8-15-2/h3-7,15-16H,8H2,1-2H3. The fraction of sp³-hybridized carbons (Fsp3) is 0.231. The van der Waals surface area contributed by atoms with Crippen LogP contribution in [0, 0.1) is 6.92 Å². The van der Waals surface area contributed by atoms with Crippen molar-refractivity contribution in [1.29, 1.82) is 0 Å². The maximum absolute atomic E-state index is 12.3. The van der Waals surface area contributed by atoms with Gasteiger partial charge in [-0.05, 0) is 43.8 Å². The maximum atomic E-state index is 12.3. The van der Waals surface area contributed by atoms with E-state index in [4.69, 9.17) is 0 Å². The topological polar surface area (TPSA) is 58.2 Å². The lowest BCUT2D eigenvalue weighted by Gasteiger charge is -2.07. The van der Waals surface area contributed by atoms with E-state index < -0.39 is 10.0 Å². The molecule has 4 nitrogen and oxygen atoms in total. The SMILES string of the molecule is CNCc1ccc(S(=O)(=O)Nc2ccc(C)c(Br)c2)s1. The van der Waals surface area contributed by atoms with E-state index in [1.807, 2.05) is 26.1 Å². The first-order chi connectivity index (χ1) is 9.42. The van der Waals surface area contributed by atoms with E-state index in [1.54, 1.807) is 18.2 Å². The predicted molar refractivity (Wildman–Crippen MR) is 86.8 cm³/mol. The molecule has 0 saturated carbocycles. The summed E-state index contributed by atoms with van der Waals surface area (Å²) in [6.07, 6.45) is 0. The number of thiophene rings is 1. The summed E-state index contributed by atoms with van der Waals surface area (Å²) in [6, 6.07) is 8.82. The van der Waals surface area contributed by atoms with Crippen molar-refractivity contribution in [3.8, 4) is 0 Å². The number of sulfonamides is 1. The van der Waals surface area contributed by atoms with Gasteiger partial charge in [-0.1, -0.05) is 22.0 Å². The molecule has 0 aliphatic heterocycles. The van der Waals surface area contributed by atoms with Gasteiger partial charge in [-0.15, -0.1) is 11.3 Å². The summed E-state index contributed by atoms with van der Waals surface area (Å²) in [5, 5.41) is 3.00. The lowest BCUT2D eigenvalue weighted by Crippen LogP contribution is -2.11. The molecule has 0 atom stereocenters. The van der Waals surface area contributed by atoms with Crippen molar-refractivity contribution < 1.29 is 8.42 Å². The van der Waals surface area contributed by atoms with Crippen LogP contribution in [0.25, 0.3) is 0 Å². The van der Waals surface area contributed by atoms with E-state index in [0.29, 0.717) is 16.4 Å².